The second-order valence-electron chi connectivity index (χ2n) is 6.30. The van der Waals surface area contributed by atoms with Crippen LogP contribution in [-0.2, 0) is 16.1 Å². The molecule has 152 valence electrons. The molecule has 0 fully saturated rings. The van der Waals surface area contributed by atoms with Gasteiger partial charge in [-0.1, -0.05) is 13.0 Å². The molecule has 0 saturated carbocycles. The highest BCUT2D eigenvalue weighted by molar-refractivity contribution is 7.16. The number of benzene rings is 1. The third-order valence-electron chi connectivity index (χ3n) is 4.46. The lowest BCUT2D eigenvalue weighted by atomic mass is 10.1. The largest absolute Gasteiger partial charge is 0.494 e. The molecule has 0 aliphatic heterocycles. The summed E-state index contributed by atoms with van der Waals surface area (Å²) in [6.45, 7) is 6.76. The third kappa shape index (κ3) is 5.08. The molecule has 0 bridgehead atoms. The number of ether oxygens (including phenoxy) is 2. The number of hydrogen-bond acceptors (Lipinski definition) is 6. The summed E-state index contributed by atoms with van der Waals surface area (Å²) in [7, 11) is 2.73. The van der Waals surface area contributed by atoms with E-state index in [-0.39, 0.29) is 18.2 Å². The molecule has 0 atom stereocenters. The molecule has 0 unspecified atom stereocenters. The Morgan fingerprint density at radius 2 is 1.96 bits per heavy atom. The third-order valence-corrected chi connectivity index (χ3v) is 5.59. The number of methoxy groups -OCH3 is 2. The minimum atomic E-state index is -0.474. The highest BCUT2D eigenvalue weighted by Gasteiger charge is 2.22. The Hall–Kier alpha value is -2.45. The molecule has 0 radical (unpaired) electrons. The molecule has 0 aliphatic carbocycles. The van der Waals surface area contributed by atoms with E-state index in [1.54, 1.807) is 12.1 Å². The number of carbonyl (C=O) groups is 2. The highest BCUT2D eigenvalue weighted by atomic mass is 32.1. The molecule has 1 heterocycles. The maximum Gasteiger partial charge on any atom is 0.341 e. The van der Waals surface area contributed by atoms with Gasteiger partial charge in [0.15, 0.2) is 11.6 Å². The first-order chi connectivity index (χ1) is 13.3. The van der Waals surface area contributed by atoms with Crippen LogP contribution in [0, 0.1) is 19.7 Å². The van der Waals surface area contributed by atoms with Gasteiger partial charge in [-0.15, -0.1) is 11.3 Å². The number of anilines is 1. The number of amides is 1. The van der Waals surface area contributed by atoms with Gasteiger partial charge in [-0.25, -0.2) is 9.18 Å². The number of halogens is 1. The Labute approximate surface area is 168 Å². The number of esters is 1. The maximum absolute atomic E-state index is 13.9. The van der Waals surface area contributed by atoms with Gasteiger partial charge in [0.25, 0.3) is 0 Å². The van der Waals surface area contributed by atoms with E-state index in [1.807, 2.05) is 25.7 Å². The van der Waals surface area contributed by atoms with Crippen LogP contribution in [0.2, 0.25) is 0 Å². The number of carbonyl (C=O) groups excluding carboxylic acids is 2. The molecular formula is C20H25FN2O4S. The fraction of sp³-hybridized carbons (Fsp3) is 0.400. The minimum absolute atomic E-state index is 0.112. The van der Waals surface area contributed by atoms with Crippen LogP contribution in [0.15, 0.2) is 18.2 Å². The number of thiophene rings is 1. The van der Waals surface area contributed by atoms with E-state index in [2.05, 4.69) is 5.32 Å². The Morgan fingerprint density at radius 1 is 1.25 bits per heavy atom. The SMILES string of the molecule is CCN(CC(=O)Nc1sc(C)c(C)c1C(=O)OC)Cc1ccc(OC)c(F)c1. The van der Waals surface area contributed by atoms with Crippen molar-refractivity contribution >= 4 is 28.2 Å². The Kier molecular flexibility index (Phi) is 7.53. The fourth-order valence-corrected chi connectivity index (χ4v) is 3.84. The summed E-state index contributed by atoms with van der Waals surface area (Å²) in [5, 5.41) is 3.30. The molecule has 8 heteroatoms. The average Bonchev–Trinajstić information content (AvgIpc) is 2.94. The minimum Gasteiger partial charge on any atom is -0.494 e. The van der Waals surface area contributed by atoms with Crippen LogP contribution in [0.1, 0.15) is 33.3 Å². The summed E-state index contributed by atoms with van der Waals surface area (Å²) in [6.07, 6.45) is 0. The van der Waals surface area contributed by atoms with E-state index in [0.29, 0.717) is 23.7 Å². The van der Waals surface area contributed by atoms with Gasteiger partial charge < -0.3 is 14.8 Å². The van der Waals surface area contributed by atoms with Gasteiger partial charge in [-0.3, -0.25) is 9.69 Å². The zero-order valence-electron chi connectivity index (χ0n) is 16.7. The van der Waals surface area contributed by atoms with Gasteiger partial charge in [0.1, 0.15) is 5.00 Å². The van der Waals surface area contributed by atoms with Crippen LogP contribution in [0.5, 0.6) is 5.75 Å². The number of rotatable bonds is 8. The van der Waals surface area contributed by atoms with E-state index < -0.39 is 11.8 Å². The van der Waals surface area contributed by atoms with E-state index in [1.165, 1.54) is 31.6 Å². The molecule has 1 aromatic carbocycles. The van der Waals surface area contributed by atoms with Crippen molar-refractivity contribution in [2.45, 2.75) is 27.3 Å². The average molecular weight is 408 g/mol. The summed E-state index contributed by atoms with van der Waals surface area (Å²) in [5.41, 5.74) is 1.93. The van der Waals surface area contributed by atoms with Crippen molar-refractivity contribution < 1.29 is 23.5 Å². The number of aryl methyl sites for hydroxylation is 1. The molecule has 1 amide bonds. The summed E-state index contributed by atoms with van der Waals surface area (Å²) in [6, 6.07) is 4.74. The second kappa shape index (κ2) is 9.66. The van der Waals surface area contributed by atoms with Gasteiger partial charge in [0.05, 0.1) is 26.3 Å². The molecule has 0 spiro atoms. The molecule has 1 aromatic heterocycles. The normalized spacial score (nSPS) is 10.8. The van der Waals surface area contributed by atoms with E-state index in [4.69, 9.17) is 9.47 Å². The molecule has 2 aromatic rings. The number of nitrogens with zero attached hydrogens (tertiary/aromatic N) is 1. The van der Waals surface area contributed by atoms with Gasteiger partial charge in [-0.2, -0.15) is 0 Å². The lowest BCUT2D eigenvalue weighted by Gasteiger charge is -2.20. The topological polar surface area (TPSA) is 67.9 Å². The lowest BCUT2D eigenvalue weighted by molar-refractivity contribution is -0.117. The van der Waals surface area contributed by atoms with Gasteiger partial charge in [0.2, 0.25) is 5.91 Å². The predicted octanol–water partition coefficient (Wildman–Crippen LogP) is 3.76. The first-order valence-corrected chi connectivity index (χ1v) is 9.65. The molecule has 0 saturated heterocycles. The lowest BCUT2D eigenvalue weighted by Crippen LogP contribution is -2.33. The molecule has 6 nitrogen and oxygen atoms in total. The van der Waals surface area contributed by atoms with Crippen LogP contribution in [-0.4, -0.2) is 44.1 Å². The maximum atomic E-state index is 13.9. The van der Waals surface area contributed by atoms with Crippen molar-refractivity contribution in [3.8, 4) is 5.75 Å². The monoisotopic (exact) mass is 408 g/mol. The first-order valence-electron chi connectivity index (χ1n) is 8.83. The number of nitrogens with one attached hydrogen (secondary N) is 1. The first kappa shape index (κ1) is 21.8. The number of likely N-dealkylation sites (N-methyl/N-ethyl adjacent to an activating group) is 1. The van der Waals surface area contributed by atoms with Crippen molar-refractivity contribution in [2.75, 3.05) is 32.6 Å². The predicted molar refractivity (Wildman–Crippen MR) is 108 cm³/mol. The Bertz CT molecular complexity index is 866. The molecule has 2 rings (SSSR count). The zero-order chi connectivity index (χ0) is 20.8. The molecule has 1 N–H and O–H groups in total. The van der Waals surface area contributed by atoms with Crippen LogP contribution in [0.25, 0.3) is 0 Å². The summed E-state index contributed by atoms with van der Waals surface area (Å²) in [5.74, 6) is -0.975. The Morgan fingerprint density at radius 3 is 2.54 bits per heavy atom. The molecular weight excluding hydrogens is 383 g/mol. The van der Waals surface area contributed by atoms with Crippen LogP contribution in [0.3, 0.4) is 0 Å². The van der Waals surface area contributed by atoms with Crippen molar-refractivity contribution in [1.82, 2.24) is 4.90 Å². The van der Waals surface area contributed by atoms with E-state index in [9.17, 15) is 14.0 Å². The van der Waals surface area contributed by atoms with Crippen LogP contribution >= 0.6 is 11.3 Å². The fourth-order valence-electron chi connectivity index (χ4n) is 2.78. The number of hydrogen-bond donors (Lipinski definition) is 1. The van der Waals surface area contributed by atoms with Crippen molar-refractivity contribution in [3.63, 3.8) is 0 Å². The second-order valence-corrected chi connectivity index (χ2v) is 7.52. The van der Waals surface area contributed by atoms with Gasteiger partial charge in [0, 0.05) is 11.4 Å². The molecule has 28 heavy (non-hydrogen) atoms. The van der Waals surface area contributed by atoms with Crippen molar-refractivity contribution in [2.24, 2.45) is 0 Å². The van der Waals surface area contributed by atoms with E-state index >= 15 is 0 Å². The van der Waals surface area contributed by atoms with Crippen molar-refractivity contribution in [1.29, 1.82) is 0 Å². The molecule has 0 aliphatic rings. The Balaban J connectivity index is 2.08. The zero-order valence-corrected chi connectivity index (χ0v) is 17.5. The standard InChI is InChI=1S/C20H25FN2O4S/c1-6-23(10-14-7-8-16(26-4)15(21)9-14)11-17(24)22-19-18(20(25)27-5)12(2)13(3)28-19/h7-9H,6,10-11H2,1-5H3,(H,22,24). The van der Waals surface area contributed by atoms with Crippen LogP contribution in [0.4, 0.5) is 9.39 Å². The van der Waals surface area contributed by atoms with Gasteiger partial charge in [-0.05, 0) is 43.7 Å². The smallest absolute Gasteiger partial charge is 0.341 e. The summed E-state index contributed by atoms with van der Waals surface area (Å²) < 4.78 is 23.6. The van der Waals surface area contributed by atoms with Crippen molar-refractivity contribution in [3.05, 3.63) is 45.6 Å². The summed E-state index contributed by atoms with van der Waals surface area (Å²) >= 11 is 1.34. The quantitative estimate of drug-likeness (QED) is 0.674. The van der Waals surface area contributed by atoms with E-state index in [0.717, 1.165) is 16.0 Å². The van der Waals surface area contributed by atoms with Crippen LogP contribution < -0.4 is 10.1 Å². The van der Waals surface area contributed by atoms with Gasteiger partial charge >= 0.3 is 5.97 Å². The highest BCUT2D eigenvalue weighted by Crippen LogP contribution is 2.33. The summed E-state index contributed by atoms with van der Waals surface area (Å²) in [4.78, 5) is 27.4.